The van der Waals surface area contributed by atoms with Gasteiger partial charge in [0.2, 0.25) is 5.78 Å². The molecule has 0 aromatic heterocycles. The lowest BCUT2D eigenvalue weighted by molar-refractivity contribution is -0.252. The summed E-state index contributed by atoms with van der Waals surface area (Å²) in [5.74, 6) is -0.762. The highest BCUT2D eigenvalue weighted by atomic mass is 32.1. The Bertz CT molecular complexity index is 588. The van der Waals surface area contributed by atoms with E-state index >= 15 is 0 Å². The zero-order valence-corrected chi connectivity index (χ0v) is 12.2. The smallest absolute Gasteiger partial charge is 0.261 e. The van der Waals surface area contributed by atoms with Crippen LogP contribution in [0, 0.1) is 0 Å². The quantitative estimate of drug-likeness (QED) is 0.323. The van der Waals surface area contributed by atoms with E-state index in [0.29, 0.717) is 0 Å². The number of rotatable bonds is 4. The normalized spacial score (nSPS) is 34.7. The Labute approximate surface area is 131 Å². The highest BCUT2D eigenvalue weighted by molar-refractivity contribution is 7.78. The highest BCUT2D eigenvalue weighted by Crippen LogP contribution is 2.34. The fraction of sp³-hybridized carbons (Fsp3) is 0.429. The Balaban J connectivity index is 2.51. The van der Waals surface area contributed by atoms with E-state index in [2.05, 4.69) is 17.2 Å². The summed E-state index contributed by atoms with van der Waals surface area (Å²) in [6.45, 7) is -0.679. The lowest BCUT2D eigenvalue weighted by atomic mass is 9.86. The molecule has 1 aliphatic heterocycles. The maximum atomic E-state index is 12.7. The molecule has 0 radical (unpaired) electrons. The number of hydrogen-bond acceptors (Lipinski definition) is 8. The average molecular weight is 325 g/mol. The van der Waals surface area contributed by atoms with Gasteiger partial charge in [-0.15, -0.1) is 0 Å². The van der Waals surface area contributed by atoms with Gasteiger partial charge in [-0.3, -0.25) is 4.79 Å². The first-order valence-corrected chi connectivity index (χ1v) is 6.90. The Morgan fingerprint density at radius 3 is 2.45 bits per heavy atom. The van der Waals surface area contributed by atoms with Crippen LogP contribution in [0.25, 0.3) is 0 Å². The summed E-state index contributed by atoms with van der Waals surface area (Å²) in [5.41, 5.74) is -2.11. The van der Waals surface area contributed by atoms with Crippen molar-refractivity contribution < 1.29 is 30.0 Å². The number of Topliss-reactive ketones (excluding diaryl/α,β-unsaturated/α-hetero) is 1. The van der Waals surface area contributed by atoms with E-state index in [0.717, 1.165) is 0 Å². The minimum Gasteiger partial charge on any atom is -0.394 e. The third kappa shape index (κ3) is 2.73. The number of aliphatic imine (C=N–C) groups is 1. The molecule has 0 saturated carbocycles. The van der Waals surface area contributed by atoms with Crippen LogP contribution in [0.5, 0.6) is 0 Å². The van der Waals surface area contributed by atoms with Crippen molar-refractivity contribution in [3.8, 4) is 0 Å². The van der Waals surface area contributed by atoms with Gasteiger partial charge < -0.3 is 25.2 Å². The summed E-state index contributed by atoms with van der Waals surface area (Å²) in [7, 11) is 0. The summed E-state index contributed by atoms with van der Waals surface area (Å²) < 4.78 is 5.32. The molecule has 8 heteroatoms. The lowest BCUT2D eigenvalue weighted by Crippen LogP contribution is -2.67. The number of isothiocyanates is 1. The second-order valence-electron chi connectivity index (χ2n) is 4.86. The summed E-state index contributed by atoms with van der Waals surface area (Å²) in [6.07, 6.45) is -6.49. The molecule has 0 spiro atoms. The Morgan fingerprint density at radius 1 is 1.27 bits per heavy atom. The fourth-order valence-corrected chi connectivity index (χ4v) is 2.48. The number of ketones is 1. The number of hydrogen-bond donors (Lipinski definition) is 4. The van der Waals surface area contributed by atoms with E-state index in [9.17, 15) is 25.2 Å². The van der Waals surface area contributed by atoms with Crippen LogP contribution in [0.4, 0.5) is 0 Å². The molecule has 1 aliphatic rings. The summed E-state index contributed by atoms with van der Waals surface area (Å²) in [6, 6.07) is 7.85. The molecule has 118 valence electrons. The average Bonchev–Trinajstić information content (AvgIpc) is 2.55. The number of aliphatic hydroxyl groups is 4. The van der Waals surface area contributed by atoms with Crippen LogP contribution in [-0.2, 0) is 4.74 Å². The van der Waals surface area contributed by atoms with Gasteiger partial charge in [0.25, 0.3) is 5.72 Å². The molecule has 4 N–H and O–H groups in total. The van der Waals surface area contributed by atoms with Crippen molar-refractivity contribution in [3.63, 3.8) is 0 Å². The van der Waals surface area contributed by atoms with Crippen molar-refractivity contribution in [1.29, 1.82) is 0 Å². The van der Waals surface area contributed by atoms with Gasteiger partial charge in [-0.2, -0.15) is 4.99 Å². The van der Waals surface area contributed by atoms with E-state index in [4.69, 9.17) is 4.74 Å². The van der Waals surface area contributed by atoms with Crippen LogP contribution in [0.1, 0.15) is 10.4 Å². The van der Waals surface area contributed by atoms with Gasteiger partial charge in [0.15, 0.2) is 0 Å². The molecule has 5 atom stereocenters. The molecule has 1 saturated heterocycles. The molecule has 0 bridgehead atoms. The maximum absolute atomic E-state index is 12.7. The van der Waals surface area contributed by atoms with Crippen molar-refractivity contribution in [2.75, 3.05) is 6.61 Å². The molecule has 22 heavy (non-hydrogen) atoms. The van der Waals surface area contributed by atoms with Crippen molar-refractivity contribution in [1.82, 2.24) is 0 Å². The number of ether oxygens (including phenoxy) is 1. The van der Waals surface area contributed by atoms with E-state index in [-0.39, 0.29) is 5.56 Å². The first-order chi connectivity index (χ1) is 10.5. The second kappa shape index (κ2) is 6.72. The van der Waals surface area contributed by atoms with E-state index < -0.39 is 42.5 Å². The van der Waals surface area contributed by atoms with Gasteiger partial charge in [0.05, 0.1) is 11.8 Å². The minimum atomic E-state index is -2.27. The Morgan fingerprint density at radius 2 is 1.91 bits per heavy atom. The van der Waals surface area contributed by atoms with Crippen molar-refractivity contribution >= 4 is 23.2 Å². The second-order valence-corrected chi connectivity index (χ2v) is 5.04. The Kier molecular flexibility index (Phi) is 5.15. The summed E-state index contributed by atoms with van der Waals surface area (Å²) in [5, 5.41) is 41.1. The number of thiocarbonyl (C=S) groups is 1. The van der Waals surface area contributed by atoms with Crippen LogP contribution in [0.2, 0.25) is 0 Å². The largest absolute Gasteiger partial charge is 0.394 e. The van der Waals surface area contributed by atoms with Crippen LogP contribution >= 0.6 is 12.2 Å². The highest BCUT2D eigenvalue weighted by Gasteiger charge is 2.58. The molecule has 1 aromatic carbocycles. The standard InChI is InChI=1S/C14H15NO6S/c16-6-9-10(17)11(18)13(20)14(21-9,15-7-22)12(19)8-4-2-1-3-5-8/h1-5,9-11,13,16-18,20H,6H2/t9-,10-,11+,13-,14-/m1/s1. The fourth-order valence-electron chi connectivity index (χ4n) is 2.35. The number of benzene rings is 1. The van der Waals surface area contributed by atoms with Crippen molar-refractivity contribution in [2.24, 2.45) is 4.99 Å². The van der Waals surface area contributed by atoms with Crippen LogP contribution in [-0.4, -0.2) is 68.1 Å². The van der Waals surface area contributed by atoms with Gasteiger partial charge >= 0.3 is 0 Å². The van der Waals surface area contributed by atoms with Gasteiger partial charge in [-0.25, -0.2) is 0 Å². The summed E-state index contributed by atoms with van der Waals surface area (Å²) >= 11 is 4.50. The van der Waals surface area contributed by atoms with Crippen LogP contribution in [0.3, 0.4) is 0 Å². The number of aliphatic hydroxyl groups excluding tert-OH is 4. The molecule has 0 amide bonds. The molecule has 1 heterocycles. The zero-order chi connectivity index (χ0) is 16.3. The molecular weight excluding hydrogens is 310 g/mol. The third-order valence-electron chi connectivity index (χ3n) is 3.54. The monoisotopic (exact) mass is 325 g/mol. The van der Waals surface area contributed by atoms with E-state index in [1.54, 1.807) is 18.2 Å². The molecule has 1 aromatic rings. The van der Waals surface area contributed by atoms with Gasteiger partial charge in [0, 0.05) is 5.56 Å². The van der Waals surface area contributed by atoms with Gasteiger partial charge in [-0.1, -0.05) is 30.3 Å². The molecular formula is C14H15NO6S. The Hall–Kier alpha value is -1.51. The maximum Gasteiger partial charge on any atom is 0.261 e. The van der Waals surface area contributed by atoms with Crippen molar-refractivity contribution in [2.45, 2.75) is 30.1 Å². The first-order valence-electron chi connectivity index (χ1n) is 6.49. The number of nitrogens with zero attached hydrogens (tertiary/aromatic N) is 1. The van der Waals surface area contributed by atoms with Gasteiger partial charge in [0.1, 0.15) is 24.4 Å². The minimum absolute atomic E-state index is 0.163. The lowest BCUT2D eigenvalue weighted by Gasteiger charge is -2.44. The first kappa shape index (κ1) is 16.9. The molecule has 1 fully saturated rings. The van der Waals surface area contributed by atoms with E-state index in [1.807, 2.05) is 5.16 Å². The predicted octanol–water partition coefficient (Wildman–Crippen LogP) is -0.858. The number of carbonyl (C=O) groups excluding carboxylic acids is 1. The number of carbonyl (C=O) groups is 1. The topological polar surface area (TPSA) is 120 Å². The molecule has 0 aliphatic carbocycles. The van der Waals surface area contributed by atoms with Crippen molar-refractivity contribution in [3.05, 3.63) is 35.9 Å². The van der Waals surface area contributed by atoms with Crippen LogP contribution in [0.15, 0.2) is 35.3 Å². The van der Waals surface area contributed by atoms with Gasteiger partial charge in [-0.05, 0) is 12.2 Å². The predicted molar refractivity (Wildman–Crippen MR) is 78.5 cm³/mol. The SMILES string of the molecule is O=C(c1ccccc1)[C@@]1(N=C=S)O[C@H](CO)[C@@H](O)[C@H](O)[C@H]1O. The molecule has 0 unspecified atom stereocenters. The molecule has 2 rings (SSSR count). The summed E-state index contributed by atoms with van der Waals surface area (Å²) in [4.78, 5) is 16.3. The van der Waals surface area contributed by atoms with Crippen LogP contribution < -0.4 is 0 Å². The third-order valence-corrected chi connectivity index (χ3v) is 3.63. The molecule has 7 nitrogen and oxygen atoms in total. The van der Waals surface area contributed by atoms with E-state index in [1.165, 1.54) is 12.1 Å². The zero-order valence-electron chi connectivity index (χ0n) is 11.4.